The molecule has 0 aliphatic carbocycles. The van der Waals surface area contributed by atoms with Gasteiger partial charge in [0.25, 0.3) is 0 Å². The van der Waals surface area contributed by atoms with Crippen LogP contribution in [0.25, 0.3) is 11.3 Å². The van der Waals surface area contributed by atoms with Gasteiger partial charge in [0.2, 0.25) is 5.91 Å². The number of aliphatic hydroxyl groups is 1. The number of nitrogens with two attached hydrogens (primary N) is 1. The molecule has 3 aromatic rings. The number of carbonyl (C=O) groups is 1. The average Bonchev–Trinajstić information content (AvgIpc) is 3.12. The van der Waals surface area contributed by atoms with Gasteiger partial charge >= 0.3 is 0 Å². The Kier molecular flexibility index (Phi) is 6.01. The molecule has 0 radical (unpaired) electrons. The second-order valence-electron chi connectivity index (χ2n) is 6.54. The number of aryl methyl sites for hydroxylation is 1. The number of aromatic nitrogens is 1. The zero-order valence-electron chi connectivity index (χ0n) is 15.2. The van der Waals surface area contributed by atoms with Crippen LogP contribution in [-0.2, 0) is 17.9 Å². The molecule has 0 saturated carbocycles. The Morgan fingerprint density at radius 1 is 1.15 bits per heavy atom. The van der Waals surface area contributed by atoms with Gasteiger partial charge in [0.05, 0.1) is 12.3 Å². The van der Waals surface area contributed by atoms with Crippen LogP contribution in [0.4, 0.5) is 0 Å². The molecule has 1 amide bonds. The molecule has 3 rings (SSSR count). The molecular formula is C21H23N3O3. The van der Waals surface area contributed by atoms with Crippen molar-refractivity contribution >= 4 is 5.91 Å². The Labute approximate surface area is 158 Å². The Morgan fingerprint density at radius 2 is 1.85 bits per heavy atom. The topological polar surface area (TPSA) is 92.6 Å². The van der Waals surface area contributed by atoms with E-state index >= 15 is 0 Å². The molecule has 0 spiro atoms. The monoisotopic (exact) mass is 365 g/mol. The Balaban J connectivity index is 1.81. The largest absolute Gasteiger partial charge is 0.394 e. The highest BCUT2D eigenvalue weighted by Gasteiger charge is 2.24. The van der Waals surface area contributed by atoms with E-state index in [0.717, 1.165) is 11.1 Å². The third-order valence-corrected chi connectivity index (χ3v) is 4.43. The molecule has 2 aromatic carbocycles. The van der Waals surface area contributed by atoms with Gasteiger partial charge in [0, 0.05) is 24.7 Å². The third-order valence-electron chi connectivity index (χ3n) is 4.43. The van der Waals surface area contributed by atoms with Crippen LogP contribution in [0.3, 0.4) is 0 Å². The fourth-order valence-electron chi connectivity index (χ4n) is 2.93. The maximum atomic E-state index is 11.8. The Bertz CT molecular complexity index is 875. The highest BCUT2D eigenvalue weighted by molar-refractivity contribution is 5.80. The molecule has 1 unspecified atom stereocenters. The highest BCUT2D eigenvalue weighted by Crippen LogP contribution is 2.22. The van der Waals surface area contributed by atoms with Crippen molar-refractivity contribution < 1.29 is 14.4 Å². The van der Waals surface area contributed by atoms with Gasteiger partial charge in [-0.25, -0.2) is 0 Å². The fraction of sp³-hybridized carbons (Fsp3) is 0.238. The number of rotatable bonds is 8. The molecular weight excluding hydrogens is 342 g/mol. The lowest BCUT2D eigenvalue weighted by Gasteiger charge is -2.27. The van der Waals surface area contributed by atoms with Crippen LogP contribution in [0.2, 0.25) is 0 Å². The first-order chi connectivity index (χ1) is 13.1. The van der Waals surface area contributed by atoms with Crippen LogP contribution in [0.5, 0.6) is 0 Å². The van der Waals surface area contributed by atoms with E-state index in [4.69, 9.17) is 10.3 Å². The van der Waals surface area contributed by atoms with Crippen molar-refractivity contribution in [3.05, 3.63) is 77.5 Å². The van der Waals surface area contributed by atoms with Crippen LogP contribution >= 0.6 is 0 Å². The second-order valence-corrected chi connectivity index (χ2v) is 6.54. The quantitative estimate of drug-likeness (QED) is 0.640. The minimum absolute atomic E-state index is 0.332. The predicted molar refractivity (Wildman–Crippen MR) is 102 cm³/mol. The van der Waals surface area contributed by atoms with Crippen molar-refractivity contribution in [2.24, 2.45) is 5.73 Å². The summed E-state index contributed by atoms with van der Waals surface area (Å²) < 4.78 is 5.46. The van der Waals surface area contributed by atoms with E-state index in [-0.39, 0.29) is 6.61 Å². The normalized spacial score (nSPS) is 12.3. The molecule has 6 nitrogen and oxygen atoms in total. The van der Waals surface area contributed by atoms with E-state index < -0.39 is 11.9 Å². The molecule has 140 valence electrons. The molecule has 0 fully saturated rings. The van der Waals surface area contributed by atoms with Gasteiger partial charge in [-0.15, -0.1) is 0 Å². The summed E-state index contributed by atoms with van der Waals surface area (Å²) in [6.45, 7) is 2.46. The van der Waals surface area contributed by atoms with Crippen molar-refractivity contribution in [1.29, 1.82) is 0 Å². The van der Waals surface area contributed by atoms with Gasteiger partial charge < -0.3 is 15.4 Å². The smallest absolute Gasteiger partial charge is 0.237 e. The molecule has 1 atom stereocenters. The SMILES string of the molecule is Cc1ccc(-c2cc(CN(Cc3ccccc3)C(CO)C(N)=O)no2)cc1. The van der Waals surface area contributed by atoms with E-state index in [9.17, 15) is 9.90 Å². The summed E-state index contributed by atoms with van der Waals surface area (Å²) in [5.74, 6) is 0.0833. The number of hydrogen-bond acceptors (Lipinski definition) is 5. The molecule has 1 aromatic heterocycles. The van der Waals surface area contributed by atoms with Gasteiger partial charge in [0.1, 0.15) is 6.04 Å². The van der Waals surface area contributed by atoms with E-state index in [1.165, 1.54) is 5.56 Å². The Hall–Kier alpha value is -2.96. The maximum absolute atomic E-state index is 11.8. The van der Waals surface area contributed by atoms with Crippen LogP contribution in [0.1, 0.15) is 16.8 Å². The highest BCUT2D eigenvalue weighted by atomic mass is 16.5. The standard InChI is InChI=1S/C21H23N3O3/c1-15-7-9-17(10-8-15)20-11-18(23-27-20)13-24(19(14-25)21(22)26)12-16-5-3-2-4-6-16/h2-11,19,25H,12-14H2,1H3,(H2,22,26). The van der Waals surface area contributed by atoms with Crippen LogP contribution < -0.4 is 5.73 Å². The molecule has 27 heavy (non-hydrogen) atoms. The lowest BCUT2D eigenvalue weighted by atomic mass is 10.1. The van der Waals surface area contributed by atoms with E-state index in [1.54, 1.807) is 4.90 Å². The number of aliphatic hydroxyl groups excluding tert-OH is 1. The van der Waals surface area contributed by atoms with Gasteiger partial charge in [-0.2, -0.15) is 0 Å². The Morgan fingerprint density at radius 3 is 2.48 bits per heavy atom. The van der Waals surface area contributed by atoms with E-state index in [0.29, 0.717) is 24.5 Å². The number of carbonyl (C=O) groups excluding carboxylic acids is 1. The van der Waals surface area contributed by atoms with Crippen molar-refractivity contribution in [3.8, 4) is 11.3 Å². The first-order valence-corrected chi connectivity index (χ1v) is 8.77. The first-order valence-electron chi connectivity index (χ1n) is 8.77. The molecule has 6 heteroatoms. The van der Waals surface area contributed by atoms with Crippen molar-refractivity contribution in [3.63, 3.8) is 0 Å². The average molecular weight is 365 g/mol. The summed E-state index contributed by atoms with van der Waals surface area (Å²) in [6.07, 6.45) is 0. The van der Waals surface area contributed by atoms with Crippen molar-refractivity contribution in [2.45, 2.75) is 26.1 Å². The summed E-state index contributed by atoms with van der Waals surface area (Å²) in [4.78, 5) is 13.6. The van der Waals surface area contributed by atoms with E-state index in [1.807, 2.05) is 67.6 Å². The zero-order chi connectivity index (χ0) is 19.2. The number of benzene rings is 2. The molecule has 0 aliphatic rings. The zero-order valence-corrected chi connectivity index (χ0v) is 15.2. The van der Waals surface area contributed by atoms with Crippen LogP contribution in [-0.4, -0.2) is 33.7 Å². The van der Waals surface area contributed by atoms with Crippen LogP contribution in [0, 0.1) is 6.92 Å². The summed E-state index contributed by atoms with van der Waals surface area (Å²) in [5, 5.41) is 13.8. The van der Waals surface area contributed by atoms with Gasteiger partial charge in [-0.3, -0.25) is 9.69 Å². The summed E-state index contributed by atoms with van der Waals surface area (Å²) in [6, 6.07) is 18.7. The minimum Gasteiger partial charge on any atom is -0.394 e. The number of primary amides is 1. The van der Waals surface area contributed by atoms with Crippen molar-refractivity contribution in [2.75, 3.05) is 6.61 Å². The summed E-state index contributed by atoms with van der Waals surface area (Å²) in [5.41, 5.74) is 9.26. The summed E-state index contributed by atoms with van der Waals surface area (Å²) in [7, 11) is 0. The van der Waals surface area contributed by atoms with Crippen LogP contribution in [0.15, 0.2) is 65.2 Å². The van der Waals surface area contributed by atoms with Gasteiger partial charge in [-0.05, 0) is 12.5 Å². The number of hydrogen-bond donors (Lipinski definition) is 2. The minimum atomic E-state index is -0.801. The lowest BCUT2D eigenvalue weighted by molar-refractivity contribution is -0.125. The van der Waals surface area contributed by atoms with Crippen molar-refractivity contribution in [1.82, 2.24) is 10.1 Å². The third kappa shape index (κ3) is 4.81. The number of nitrogens with zero attached hydrogens (tertiary/aromatic N) is 2. The number of amides is 1. The first kappa shape index (κ1) is 18.8. The lowest BCUT2D eigenvalue weighted by Crippen LogP contribution is -2.46. The maximum Gasteiger partial charge on any atom is 0.237 e. The molecule has 3 N–H and O–H groups in total. The molecule has 0 aliphatic heterocycles. The molecule has 0 saturated heterocycles. The van der Waals surface area contributed by atoms with E-state index in [2.05, 4.69) is 5.16 Å². The molecule has 0 bridgehead atoms. The molecule has 1 heterocycles. The van der Waals surface area contributed by atoms with Gasteiger partial charge in [-0.1, -0.05) is 65.3 Å². The second kappa shape index (κ2) is 8.62. The predicted octanol–water partition coefficient (Wildman–Crippen LogP) is 2.50. The van der Waals surface area contributed by atoms with Gasteiger partial charge in [0.15, 0.2) is 5.76 Å². The fourth-order valence-corrected chi connectivity index (χ4v) is 2.93. The summed E-state index contributed by atoms with van der Waals surface area (Å²) >= 11 is 0.